The van der Waals surface area contributed by atoms with E-state index in [1.807, 2.05) is 12.4 Å². The number of para-hydroxylation sites is 1. The van der Waals surface area contributed by atoms with Crippen molar-refractivity contribution in [3.05, 3.63) is 47.8 Å². The second kappa shape index (κ2) is 4.74. The molecule has 0 spiro atoms. The zero-order valence-corrected chi connectivity index (χ0v) is 10.2. The van der Waals surface area contributed by atoms with Crippen LogP contribution in [-0.4, -0.2) is 23.1 Å². The van der Waals surface area contributed by atoms with Crippen molar-refractivity contribution < 1.29 is 0 Å². The van der Waals surface area contributed by atoms with Gasteiger partial charge in [-0.15, -0.1) is 0 Å². The Hall–Kier alpha value is -1.94. The summed E-state index contributed by atoms with van der Waals surface area (Å²) in [7, 11) is 0. The number of benzene rings is 1. The predicted octanol–water partition coefficient (Wildman–Crippen LogP) is 1.67. The molecule has 4 heteroatoms. The summed E-state index contributed by atoms with van der Waals surface area (Å²) < 4.78 is 0. The molecular formula is C14H16N4. The number of nitrogens with zero attached hydrogens (tertiary/aromatic N) is 3. The highest BCUT2D eigenvalue weighted by Gasteiger charge is 2.21. The molecule has 0 unspecified atom stereocenters. The average Bonchev–Trinajstić information content (AvgIpc) is 2.84. The summed E-state index contributed by atoms with van der Waals surface area (Å²) in [5.41, 5.74) is 9.20. The summed E-state index contributed by atoms with van der Waals surface area (Å²) in [4.78, 5) is 11.0. The first kappa shape index (κ1) is 11.2. The van der Waals surface area contributed by atoms with Crippen LogP contribution >= 0.6 is 0 Å². The molecule has 1 aromatic heterocycles. The van der Waals surface area contributed by atoms with Gasteiger partial charge in [-0.05, 0) is 36.6 Å². The molecule has 1 aliphatic rings. The number of hydrogen-bond donors (Lipinski definition) is 1. The van der Waals surface area contributed by atoms with Gasteiger partial charge in [0.25, 0.3) is 0 Å². The van der Waals surface area contributed by atoms with Crippen molar-refractivity contribution in [3.8, 4) is 0 Å². The standard InChI is InChI=1S/C14H16N4/c15-7-5-11-9-16-14(17-10-11)18-8-6-12-3-1-2-4-13(12)18/h1-4,9-10H,5-8,15H2. The first-order valence-corrected chi connectivity index (χ1v) is 6.25. The highest BCUT2D eigenvalue weighted by atomic mass is 15.3. The molecule has 92 valence electrons. The maximum absolute atomic E-state index is 5.52. The third-order valence-corrected chi connectivity index (χ3v) is 3.25. The number of anilines is 2. The molecule has 0 aliphatic carbocycles. The molecule has 4 nitrogen and oxygen atoms in total. The maximum Gasteiger partial charge on any atom is 0.229 e. The first-order valence-electron chi connectivity index (χ1n) is 6.25. The Balaban J connectivity index is 1.88. The second-order valence-electron chi connectivity index (χ2n) is 4.46. The van der Waals surface area contributed by atoms with Crippen LogP contribution in [0.15, 0.2) is 36.7 Å². The van der Waals surface area contributed by atoms with Crippen LogP contribution in [0.4, 0.5) is 11.6 Å². The van der Waals surface area contributed by atoms with Crippen LogP contribution in [-0.2, 0) is 12.8 Å². The number of nitrogens with two attached hydrogens (primary N) is 1. The Labute approximate surface area is 106 Å². The summed E-state index contributed by atoms with van der Waals surface area (Å²) in [5.74, 6) is 0.778. The SMILES string of the molecule is NCCc1cnc(N2CCc3ccccc32)nc1. The van der Waals surface area contributed by atoms with Crippen molar-refractivity contribution >= 4 is 11.6 Å². The van der Waals surface area contributed by atoms with E-state index in [2.05, 4.69) is 39.1 Å². The lowest BCUT2D eigenvalue weighted by molar-refractivity contribution is 0.906. The van der Waals surface area contributed by atoms with E-state index in [0.717, 1.165) is 30.9 Å². The number of fused-ring (bicyclic) bond motifs is 1. The Kier molecular flexibility index (Phi) is 2.94. The van der Waals surface area contributed by atoms with E-state index in [1.165, 1.54) is 11.3 Å². The van der Waals surface area contributed by atoms with E-state index < -0.39 is 0 Å². The maximum atomic E-state index is 5.52. The fraction of sp³-hybridized carbons (Fsp3) is 0.286. The summed E-state index contributed by atoms with van der Waals surface area (Å²) in [6, 6.07) is 8.42. The molecule has 3 rings (SSSR count). The molecule has 0 saturated carbocycles. The van der Waals surface area contributed by atoms with Crippen molar-refractivity contribution in [1.29, 1.82) is 0 Å². The van der Waals surface area contributed by atoms with Gasteiger partial charge in [-0.3, -0.25) is 0 Å². The summed E-state index contributed by atoms with van der Waals surface area (Å²) in [5, 5.41) is 0. The fourth-order valence-corrected chi connectivity index (χ4v) is 2.33. The Bertz CT molecular complexity index is 536. The van der Waals surface area contributed by atoms with Crippen LogP contribution in [0.3, 0.4) is 0 Å². The predicted molar refractivity (Wildman–Crippen MR) is 71.9 cm³/mol. The lowest BCUT2D eigenvalue weighted by Gasteiger charge is -2.16. The third-order valence-electron chi connectivity index (χ3n) is 3.25. The molecule has 0 bridgehead atoms. The Morgan fingerprint density at radius 1 is 1.17 bits per heavy atom. The average molecular weight is 240 g/mol. The zero-order chi connectivity index (χ0) is 12.4. The molecule has 0 atom stereocenters. The topological polar surface area (TPSA) is 55.0 Å². The van der Waals surface area contributed by atoms with Crippen LogP contribution in [0, 0.1) is 0 Å². The van der Waals surface area contributed by atoms with Gasteiger partial charge in [-0.1, -0.05) is 18.2 Å². The van der Waals surface area contributed by atoms with Gasteiger partial charge in [0.2, 0.25) is 5.95 Å². The van der Waals surface area contributed by atoms with Gasteiger partial charge in [-0.2, -0.15) is 0 Å². The number of rotatable bonds is 3. The second-order valence-corrected chi connectivity index (χ2v) is 4.46. The first-order chi connectivity index (χ1) is 8.88. The van der Waals surface area contributed by atoms with Crippen LogP contribution in [0.2, 0.25) is 0 Å². The molecule has 0 amide bonds. The van der Waals surface area contributed by atoms with E-state index >= 15 is 0 Å². The molecule has 2 aromatic rings. The fourth-order valence-electron chi connectivity index (χ4n) is 2.33. The van der Waals surface area contributed by atoms with E-state index in [-0.39, 0.29) is 0 Å². The largest absolute Gasteiger partial charge is 0.330 e. The van der Waals surface area contributed by atoms with Gasteiger partial charge < -0.3 is 10.6 Å². The van der Waals surface area contributed by atoms with E-state index in [4.69, 9.17) is 5.73 Å². The van der Waals surface area contributed by atoms with Gasteiger partial charge >= 0.3 is 0 Å². The molecule has 1 aromatic carbocycles. The van der Waals surface area contributed by atoms with Gasteiger partial charge in [0.05, 0.1) is 0 Å². The molecule has 18 heavy (non-hydrogen) atoms. The van der Waals surface area contributed by atoms with E-state index in [0.29, 0.717) is 6.54 Å². The quantitative estimate of drug-likeness (QED) is 0.886. The van der Waals surface area contributed by atoms with Crippen molar-refractivity contribution in [3.63, 3.8) is 0 Å². The monoisotopic (exact) mass is 240 g/mol. The third kappa shape index (κ3) is 1.95. The van der Waals surface area contributed by atoms with Crippen molar-refractivity contribution in [2.75, 3.05) is 18.0 Å². The highest BCUT2D eigenvalue weighted by molar-refractivity contribution is 5.65. The summed E-state index contributed by atoms with van der Waals surface area (Å²) in [6.07, 6.45) is 5.63. The molecule has 2 N–H and O–H groups in total. The van der Waals surface area contributed by atoms with Crippen molar-refractivity contribution in [2.24, 2.45) is 5.73 Å². The minimum atomic E-state index is 0.634. The molecule has 1 aliphatic heterocycles. The van der Waals surface area contributed by atoms with Gasteiger partial charge in [0.15, 0.2) is 0 Å². The highest BCUT2D eigenvalue weighted by Crippen LogP contribution is 2.31. The van der Waals surface area contributed by atoms with Crippen LogP contribution < -0.4 is 10.6 Å². The Morgan fingerprint density at radius 2 is 1.94 bits per heavy atom. The van der Waals surface area contributed by atoms with Crippen molar-refractivity contribution in [2.45, 2.75) is 12.8 Å². The minimum Gasteiger partial charge on any atom is -0.330 e. The lowest BCUT2D eigenvalue weighted by atomic mass is 10.2. The van der Waals surface area contributed by atoms with Gasteiger partial charge in [-0.25, -0.2) is 9.97 Å². The molecule has 0 fully saturated rings. The number of aromatic nitrogens is 2. The molecule has 0 saturated heterocycles. The van der Waals surface area contributed by atoms with E-state index in [9.17, 15) is 0 Å². The molecule has 2 heterocycles. The zero-order valence-electron chi connectivity index (χ0n) is 10.2. The Morgan fingerprint density at radius 3 is 2.72 bits per heavy atom. The normalized spacial score (nSPS) is 13.7. The number of hydrogen-bond acceptors (Lipinski definition) is 4. The van der Waals surface area contributed by atoms with Crippen LogP contribution in [0.5, 0.6) is 0 Å². The van der Waals surface area contributed by atoms with Gasteiger partial charge in [0.1, 0.15) is 0 Å². The smallest absolute Gasteiger partial charge is 0.229 e. The van der Waals surface area contributed by atoms with Crippen LogP contribution in [0.25, 0.3) is 0 Å². The van der Waals surface area contributed by atoms with E-state index in [1.54, 1.807) is 0 Å². The summed E-state index contributed by atoms with van der Waals surface area (Å²) in [6.45, 7) is 1.59. The van der Waals surface area contributed by atoms with Crippen molar-refractivity contribution in [1.82, 2.24) is 9.97 Å². The minimum absolute atomic E-state index is 0.634. The lowest BCUT2D eigenvalue weighted by Crippen LogP contribution is -2.16. The van der Waals surface area contributed by atoms with Gasteiger partial charge in [0, 0.05) is 24.6 Å². The molecular weight excluding hydrogens is 224 g/mol. The summed E-state index contributed by atoms with van der Waals surface area (Å²) >= 11 is 0. The van der Waals surface area contributed by atoms with Crippen LogP contribution in [0.1, 0.15) is 11.1 Å². The molecule has 0 radical (unpaired) electrons.